The standard InChI is InChI=1S/C16H15ClN2O3/c1-9(18-22)10-2-5-12(6-3-10)19-15(20)13-7-4-11(17)8-14(13)16(19)21/h2-6,13-14,22H,7-8H2,1H3/b18-9-/t13-,14-/m1/s1. The third-order valence-corrected chi connectivity index (χ3v) is 4.57. The molecule has 2 aliphatic rings. The second-order valence-corrected chi connectivity index (χ2v) is 6.03. The number of hydrogen-bond donors (Lipinski definition) is 1. The summed E-state index contributed by atoms with van der Waals surface area (Å²) in [6, 6.07) is 6.81. The van der Waals surface area contributed by atoms with Crippen LogP contribution in [0.15, 0.2) is 40.5 Å². The maximum atomic E-state index is 12.5. The van der Waals surface area contributed by atoms with Gasteiger partial charge >= 0.3 is 0 Å². The summed E-state index contributed by atoms with van der Waals surface area (Å²) in [5, 5.41) is 12.5. The molecule has 5 nitrogen and oxygen atoms in total. The van der Waals surface area contributed by atoms with Gasteiger partial charge in [0.05, 0.1) is 23.2 Å². The second-order valence-electron chi connectivity index (χ2n) is 5.55. The lowest BCUT2D eigenvalue weighted by atomic mass is 9.85. The molecule has 6 heteroatoms. The van der Waals surface area contributed by atoms with Crippen LogP contribution in [0, 0.1) is 11.8 Å². The van der Waals surface area contributed by atoms with Gasteiger partial charge in [0.25, 0.3) is 0 Å². The van der Waals surface area contributed by atoms with Crippen molar-refractivity contribution in [2.75, 3.05) is 4.90 Å². The van der Waals surface area contributed by atoms with Gasteiger partial charge in [-0.1, -0.05) is 35.0 Å². The van der Waals surface area contributed by atoms with Crippen molar-refractivity contribution in [2.24, 2.45) is 17.0 Å². The number of carbonyl (C=O) groups is 2. The van der Waals surface area contributed by atoms with Crippen molar-refractivity contribution in [3.63, 3.8) is 0 Å². The second kappa shape index (κ2) is 5.57. The fraction of sp³-hybridized carbons (Fsp3) is 0.312. The first-order chi connectivity index (χ1) is 10.5. The van der Waals surface area contributed by atoms with Crippen LogP contribution in [0.3, 0.4) is 0 Å². The Bertz CT molecular complexity index is 694. The first kappa shape index (κ1) is 14.8. The highest BCUT2D eigenvalue weighted by Crippen LogP contribution is 2.40. The Hall–Kier alpha value is -2.14. The lowest BCUT2D eigenvalue weighted by Crippen LogP contribution is -2.30. The number of hydrogen-bond acceptors (Lipinski definition) is 4. The van der Waals surface area contributed by atoms with Crippen LogP contribution in [0.2, 0.25) is 0 Å². The van der Waals surface area contributed by atoms with Gasteiger partial charge in [-0.15, -0.1) is 0 Å². The Morgan fingerprint density at radius 1 is 1.23 bits per heavy atom. The summed E-state index contributed by atoms with van der Waals surface area (Å²) in [6.07, 6.45) is 2.77. The largest absolute Gasteiger partial charge is 0.411 e. The Morgan fingerprint density at radius 3 is 2.50 bits per heavy atom. The highest BCUT2D eigenvalue weighted by atomic mass is 35.5. The van der Waals surface area contributed by atoms with E-state index < -0.39 is 0 Å². The van der Waals surface area contributed by atoms with E-state index in [2.05, 4.69) is 5.16 Å². The third kappa shape index (κ3) is 2.31. The summed E-state index contributed by atoms with van der Waals surface area (Å²) in [7, 11) is 0. The van der Waals surface area contributed by atoms with Crippen LogP contribution in [-0.2, 0) is 9.59 Å². The van der Waals surface area contributed by atoms with Crippen molar-refractivity contribution in [1.82, 2.24) is 0 Å². The predicted octanol–water partition coefficient (Wildman–Crippen LogP) is 2.91. The van der Waals surface area contributed by atoms with E-state index in [-0.39, 0.29) is 23.7 Å². The van der Waals surface area contributed by atoms with Crippen LogP contribution in [0.25, 0.3) is 0 Å². The fourth-order valence-corrected chi connectivity index (χ4v) is 3.25. The number of rotatable bonds is 2. The summed E-state index contributed by atoms with van der Waals surface area (Å²) in [5.74, 6) is -1.03. The Kier molecular flexibility index (Phi) is 3.74. The molecule has 0 bridgehead atoms. The van der Waals surface area contributed by atoms with E-state index in [1.54, 1.807) is 31.2 Å². The normalized spacial score (nSPS) is 25.3. The van der Waals surface area contributed by atoms with Crippen LogP contribution in [0.4, 0.5) is 5.69 Å². The third-order valence-electron chi connectivity index (χ3n) is 4.26. The summed E-state index contributed by atoms with van der Waals surface area (Å²) < 4.78 is 0. The molecule has 0 radical (unpaired) electrons. The number of allylic oxidation sites excluding steroid dienone is 2. The van der Waals surface area contributed by atoms with E-state index in [1.807, 2.05) is 6.08 Å². The molecule has 0 spiro atoms. The van der Waals surface area contributed by atoms with E-state index in [9.17, 15) is 9.59 Å². The minimum Gasteiger partial charge on any atom is -0.411 e. The summed E-state index contributed by atoms with van der Waals surface area (Å²) in [5.41, 5.74) is 1.73. The topological polar surface area (TPSA) is 70.0 Å². The molecular weight excluding hydrogens is 304 g/mol. The maximum Gasteiger partial charge on any atom is 0.238 e. The first-order valence-corrected chi connectivity index (χ1v) is 7.42. The van der Waals surface area contributed by atoms with E-state index in [1.165, 1.54) is 4.90 Å². The van der Waals surface area contributed by atoms with Crippen LogP contribution in [0.1, 0.15) is 25.3 Å². The van der Waals surface area contributed by atoms with Gasteiger partial charge in [-0.05, 0) is 37.5 Å². The van der Waals surface area contributed by atoms with Gasteiger partial charge in [0, 0.05) is 5.03 Å². The molecule has 0 aromatic heterocycles. The smallest absolute Gasteiger partial charge is 0.238 e. The quantitative estimate of drug-likeness (QED) is 0.394. The van der Waals surface area contributed by atoms with Crippen LogP contribution in [0.5, 0.6) is 0 Å². The lowest BCUT2D eigenvalue weighted by Gasteiger charge is -2.17. The molecule has 114 valence electrons. The Morgan fingerprint density at radius 2 is 1.86 bits per heavy atom. The predicted molar refractivity (Wildman–Crippen MR) is 83.1 cm³/mol. The average molecular weight is 319 g/mol. The molecule has 22 heavy (non-hydrogen) atoms. The molecule has 1 aromatic carbocycles. The van der Waals surface area contributed by atoms with Gasteiger partial charge in [-0.2, -0.15) is 0 Å². The zero-order valence-electron chi connectivity index (χ0n) is 12.0. The molecule has 1 aliphatic heterocycles. The average Bonchev–Trinajstić information content (AvgIpc) is 2.78. The minimum absolute atomic E-state index is 0.171. The van der Waals surface area contributed by atoms with Crippen molar-refractivity contribution >= 4 is 34.8 Å². The molecule has 0 saturated carbocycles. The molecule has 1 aliphatic carbocycles. The molecule has 1 heterocycles. The van der Waals surface area contributed by atoms with Crippen molar-refractivity contribution in [3.05, 3.63) is 40.9 Å². The molecule has 1 fully saturated rings. The highest BCUT2D eigenvalue weighted by Gasteiger charge is 2.48. The van der Waals surface area contributed by atoms with Crippen molar-refractivity contribution in [3.8, 4) is 0 Å². The summed E-state index contributed by atoms with van der Waals surface area (Å²) in [6.45, 7) is 1.67. The van der Waals surface area contributed by atoms with E-state index in [0.29, 0.717) is 29.3 Å². The van der Waals surface area contributed by atoms with Gasteiger partial charge in [0.1, 0.15) is 0 Å². The molecule has 0 unspecified atom stereocenters. The minimum atomic E-state index is -0.356. The van der Waals surface area contributed by atoms with Crippen LogP contribution in [-0.4, -0.2) is 22.7 Å². The van der Waals surface area contributed by atoms with E-state index in [4.69, 9.17) is 16.8 Å². The summed E-state index contributed by atoms with van der Waals surface area (Å²) in [4.78, 5) is 26.3. The SMILES string of the molecule is C/C(=N/O)c1ccc(N2C(=O)[C@@H]3CC=C(Cl)C[C@H]3C2=O)cc1. The molecule has 2 amide bonds. The number of halogens is 1. The van der Waals surface area contributed by atoms with Crippen molar-refractivity contribution in [1.29, 1.82) is 0 Å². The van der Waals surface area contributed by atoms with E-state index in [0.717, 1.165) is 5.56 Å². The zero-order valence-corrected chi connectivity index (χ0v) is 12.7. The monoisotopic (exact) mass is 318 g/mol. The van der Waals surface area contributed by atoms with Gasteiger partial charge in [0.15, 0.2) is 0 Å². The number of benzene rings is 1. The molecular formula is C16H15ClN2O3. The van der Waals surface area contributed by atoms with Crippen LogP contribution >= 0.6 is 11.6 Å². The zero-order chi connectivity index (χ0) is 15.9. The molecule has 1 aromatic rings. The number of imide groups is 1. The summed E-state index contributed by atoms with van der Waals surface area (Å²) >= 11 is 6.00. The van der Waals surface area contributed by atoms with Gasteiger partial charge in [-0.25, -0.2) is 0 Å². The van der Waals surface area contributed by atoms with Gasteiger partial charge in [0.2, 0.25) is 11.8 Å². The number of amides is 2. The lowest BCUT2D eigenvalue weighted by molar-refractivity contribution is -0.122. The Labute approximate surface area is 132 Å². The fourth-order valence-electron chi connectivity index (χ4n) is 2.99. The number of carbonyl (C=O) groups excluding carboxylic acids is 2. The Balaban J connectivity index is 1.90. The van der Waals surface area contributed by atoms with Gasteiger partial charge < -0.3 is 5.21 Å². The van der Waals surface area contributed by atoms with E-state index >= 15 is 0 Å². The number of anilines is 1. The van der Waals surface area contributed by atoms with Crippen LogP contribution < -0.4 is 4.90 Å². The highest BCUT2D eigenvalue weighted by molar-refractivity contribution is 6.30. The molecule has 1 N–H and O–H groups in total. The number of fused-ring (bicyclic) bond motifs is 1. The van der Waals surface area contributed by atoms with Gasteiger partial charge in [-0.3, -0.25) is 14.5 Å². The molecule has 3 rings (SSSR count). The first-order valence-electron chi connectivity index (χ1n) is 7.04. The molecule has 1 saturated heterocycles. The van der Waals surface area contributed by atoms with Crippen molar-refractivity contribution in [2.45, 2.75) is 19.8 Å². The number of nitrogens with zero attached hydrogens (tertiary/aromatic N) is 2. The maximum absolute atomic E-state index is 12.5. The number of oxime groups is 1. The molecule has 2 atom stereocenters. The van der Waals surface area contributed by atoms with Crippen molar-refractivity contribution < 1.29 is 14.8 Å².